The molecule has 8 nitrogen and oxygen atoms in total. The highest BCUT2D eigenvalue weighted by atomic mass is 16.1. The summed E-state index contributed by atoms with van der Waals surface area (Å²) in [6, 6.07) is 7.17. The molecule has 148 valence electrons. The molecule has 4 rings (SSSR count). The lowest BCUT2D eigenvalue weighted by Crippen LogP contribution is -2.18. The molecule has 0 unspecified atom stereocenters. The molecule has 3 aromatic rings. The third-order valence-corrected chi connectivity index (χ3v) is 5.01. The first-order valence-corrected chi connectivity index (χ1v) is 9.47. The van der Waals surface area contributed by atoms with Crippen molar-refractivity contribution >= 4 is 29.8 Å². The summed E-state index contributed by atoms with van der Waals surface area (Å²) in [6.45, 7) is 6.72. The van der Waals surface area contributed by atoms with Gasteiger partial charge in [-0.1, -0.05) is 26.0 Å². The van der Waals surface area contributed by atoms with E-state index in [9.17, 15) is 4.79 Å². The Morgan fingerprint density at radius 2 is 1.90 bits per heavy atom. The van der Waals surface area contributed by atoms with Gasteiger partial charge in [0.2, 0.25) is 5.91 Å². The lowest BCUT2D eigenvalue weighted by molar-refractivity contribution is 0.100. The van der Waals surface area contributed by atoms with Gasteiger partial charge in [-0.2, -0.15) is 0 Å². The molecule has 3 N–H and O–H groups in total. The normalized spacial score (nSPS) is 14.8. The first kappa shape index (κ1) is 18.8. The maximum Gasteiger partial charge on any atom is 0.248 e. The molecule has 2 aromatic heterocycles. The van der Waals surface area contributed by atoms with Crippen LogP contribution in [-0.4, -0.2) is 32.7 Å². The number of fused-ring (bicyclic) bond motifs is 1. The van der Waals surface area contributed by atoms with E-state index in [0.717, 1.165) is 22.6 Å². The molecule has 8 heteroatoms. The van der Waals surface area contributed by atoms with Crippen molar-refractivity contribution in [2.24, 2.45) is 15.7 Å². The van der Waals surface area contributed by atoms with Crippen LogP contribution in [0, 0.1) is 0 Å². The van der Waals surface area contributed by atoms with Crippen LogP contribution in [0.25, 0.3) is 5.65 Å². The fourth-order valence-corrected chi connectivity index (χ4v) is 3.28. The number of amides is 1. The second-order valence-corrected chi connectivity index (χ2v) is 7.50. The van der Waals surface area contributed by atoms with E-state index in [-0.39, 0.29) is 0 Å². The molecule has 1 aliphatic rings. The molecule has 0 bridgehead atoms. The molecule has 0 atom stereocenters. The molecule has 1 aromatic carbocycles. The minimum atomic E-state index is -0.744. The molecule has 1 amide bonds. The second kappa shape index (κ2) is 7.12. The molecular weight excluding hydrogens is 366 g/mol. The van der Waals surface area contributed by atoms with Crippen LogP contribution in [0.5, 0.6) is 0 Å². The number of aliphatic imine (C=N–C) groups is 2. The quantitative estimate of drug-likeness (QED) is 0.675. The number of benzene rings is 1. The Morgan fingerprint density at radius 3 is 2.52 bits per heavy atom. The zero-order valence-electron chi connectivity index (χ0n) is 16.6. The predicted octanol–water partition coefficient (Wildman–Crippen LogP) is 2.89. The second-order valence-electron chi connectivity index (χ2n) is 7.50. The number of carbonyl (C=O) groups excluding carboxylic acids is 1. The Kier molecular flexibility index (Phi) is 4.62. The SMILES string of the molecule is CC(C)c1cnc2c(NCc3ccc(C(N)=O)cc3)nc(C3(C)N=CC=N3)cn12. The van der Waals surface area contributed by atoms with Gasteiger partial charge in [-0.3, -0.25) is 19.2 Å². The maximum atomic E-state index is 11.3. The summed E-state index contributed by atoms with van der Waals surface area (Å²) >= 11 is 0. The summed E-state index contributed by atoms with van der Waals surface area (Å²) < 4.78 is 2.06. The summed E-state index contributed by atoms with van der Waals surface area (Å²) in [4.78, 5) is 29.6. The largest absolute Gasteiger partial charge is 0.366 e. The van der Waals surface area contributed by atoms with Crippen molar-refractivity contribution in [3.8, 4) is 0 Å². The number of nitrogens with one attached hydrogen (secondary N) is 1. The standard InChI is InChI=1S/C21H23N7O/c1-13(2)16-11-24-20-19(23-10-14-4-6-15(7-5-14)18(22)29)27-17(12-28(16)20)21(3)25-8-9-26-21/h4-9,11-13H,10H2,1-3H3,(H2,22,29)(H,23,27). The first-order valence-electron chi connectivity index (χ1n) is 9.47. The number of nitrogens with zero attached hydrogens (tertiary/aromatic N) is 5. The number of nitrogens with two attached hydrogens (primary N) is 1. The predicted molar refractivity (Wildman–Crippen MR) is 114 cm³/mol. The van der Waals surface area contributed by atoms with Gasteiger partial charge in [-0.15, -0.1) is 0 Å². The molecule has 3 heterocycles. The van der Waals surface area contributed by atoms with Crippen LogP contribution < -0.4 is 11.1 Å². The highest BCUT2D eigenvalue weighted by Crippen LogP contribution is 2.30. The average molecular weight is 389 g/mol. The van der Waals surface area contributed by atoms with E-state index in [1.807, 2.05) is 31.5 Å². The van der Waals surface area contributed by atoms with Crippen LogP contribution in [-0.2, 0) is 12.2 Å². The number of imidazole rings is 1. The monoisotopic (exact) mass is 389 g/mol. The number of primary amides is 1. The lowest BCUT2D eigenvalue weighted by atomic mass is 10.1. The average Bonchev–Trinajstić information content (AvgIpc) is 3.33. The van der Waals surface area contributed by atoms with E-state index in [4.69, 9.17) is 10.7 Å². The fourth-order valence-electron chi connectivity index (χ4n) is 3.28. The Hall–Kier alpha value is -3.55. The zero-order chi connectivity index (χ0) is 20.6. The van der Waals surface area contributed by atoms with Crippen LogP contribution in [0.4, 0.5) is 5.82 Å². The summed E-state index contributed by atoms with van der Waals surface area (Å²) in [5, 5.41) is 3.37. The highest BCUT2D eigenvalue weighted by Gasteiger charge is 2.29. The minimum absolute atomic E-state index is 0.304. The minimum Gasteiger partial charge on any atom is -0.366 e. The highest BCUT2D eigenvalue weighted by molar-refractivity contribution is 6.17. The van der Waals surface area contributed by atoms with Crippen LogP contribution >= 0.6 is 0 Å². The van der Waals surface area contributed by atoms with Crippen molar-refractivity contribution in [2.75, 3.05) is 5.32 Å². The van der Waals surface area contributed by atoms with Crippen LogP contribution in [0.15, 0.2) is 46.6 Å². The number of aromatic nitrogens is 3. The molecule has 0 fully saturated rings. The molecule has 0 aliphatic carbocycles. The van der Waals surface area contributed by atoms with Crippen LogP contribution in [0.2, 0.25) is 0 Å². The smallest absolute Gasteiger partial charge is 0.248 e. The summed E-state index contributed by atoms with van der Waals surface area (Å²) in [5.74, 6) is 0.523. The van der Waals surface area contributed by atoms with Gasteiger partial charge in [0.1, 0.15) is 5.69 Å². The van der Waals surface area contributed by atoms with Crippen LogP contribution in [0.3, 0.4) is 0 Å². The van der Waals surface area contributed by atoms with Crippen molar-refractivity contribution in [3.63, 3.8) is 0 Å². The Balaban J connectivity index is 1.71. The Labute approximate surface area is 168 Å². The number of carbonyl (C=O) groups is 1. The fraction of sp³-hybridized carbons (Fsp3) is 0.286. The van der Waals surface area contributed by atoms with E-state index in [2.05, 4.69) is 38.5 Å². The van der Waals surface area contributed by atoms with Gasteiger partial charge in [0.15, 0.2) is 17.1 Å². The molecule has 0 radical (unpaired) electrons. The van der Waals surface area contributed by atoms with Crippen molar-refractivity contribution in [2.45, 2.75) is 38.9 Å². The molecule has 0 saturated carbocycles. The Morgan fingerprint density at radius 1 is 1.21 bits per heavy atom. The van der Waals surface area contributed by atoms with Crippen molar-refractivity contribution in [1.82, 2.24) is 14.4 Å². The number of hydrogen-bond acceptors (Lipinski definition) is 6. The summed E-state index contributed by atoms with van der Waals surface area (Å²) in [6.07, 6.45) is 7.22. The first-order chi connectivity index (χ1) is 13.9. The summed E-state index contributed by atoms with van der Waals surface area (Å²) in [5.41, 5.74) is 8.62. The van der Waals surface area contributed by atoms with Gasteiger partial charge in [0.05, 0.1) is 0 Å². The van der Waals surface area contributed by atoms with E-state index in [1.165, 1.54) is 0 Å². The third-order valence-electron chi connectivity index (χ3n) is 5.01. The van der Waals surface area contributed by atoms with Gasteiger partial charge in [-0.25, -0.2) is 9.97 Å². The molecule has 1 aliphatic heterocycles. The van der Waals surface area contributed by atoms with Gasteiger partial charge < -0.3 is 11.1 Å². The van der Waals surface area contributed by atoms with E-state index in [0.29, 0.717) is 23.8 Å². The molecule has 0 saturated heterocycles. The van der Waals surface area contributed by atoms with Crippen molar-refractivity contribution in [3.05, 3.63) is 59.2 Å². The number of anilines is 1. The van der Waals surface area contributed by atoms with Gasteiger partial charge in [0.25, 0.3) is 0 Å². The molecule has 29 heavy (non-hydrogen) atoms. The zero-order valence-corrected chi connectivity index (χ0v) is 16.6. The maximum absolute atomic E-state index is 11.3. The summed E-state index contributed by atoms with van der Waals surface area (Å²) in [7, 11) is 0. The van der Waals surface area contributed by atoms with Gasteiger partial charge in [-0.05, 0) is 30.5 Å². The van der Waals surface area contributed by atoms with E-state index >= 15 is 0 Å². The van der Waals surface area contributed by atoms with Crippen molar-refractivity contribution < 1.29 is 4.79 Å². The Bertz CT molecular complexity index is 1110. The third kappa shape index (κ3) is 3.49. The topological polar surface area (TPSA) is 110 Å². The number of rotatable bonds is 6. The molecular formula is C21H23N7O. The van der Waals surface area contributed by atoms with E-state index in [1.54, 1.807) is 24.6 Å². The van der Waals surface area contributed by atoms with Gasteiger partial charge in [0, 0.05) is 42.6 Å². The van der Waals surface area contributed by atoms with Crippen LogP contribution in [0.1, 0.15) is 54.0 Å². The van der Waals surface area contributed by atoms with E-state index < -0.39 is 11.6 Å². The molecule has 0 spiro atoms. The van der Waals surface area contributed by atoms with Crippen molar-refractivity contribution in [1.29, 1.82) is 0 Å². The lowest BCUT2D eigenvalue weighted by Gasteiger charge is -2.19. The van der Waals surface area contributed by atoms with Gasteiger partial charge >= 0.3 is 0 Å². The number of hydrogen-bond donors (Lipinski definition) is 2.